The first kappa shape index (κ1) is 24.0. The van der Waals surface area contributed by atoms with Crippen LogP contribution in [0.15, 0.2) is 18.3 Å². The molecule has 1 aromatic carbocycles. The number of nitrogens with one attached hydrogen (secondary N) is 1. The summed E-state index contributed by atoms with van der Waals surface area (Å²) in [5.74, 6) is -1.08. The minimum atomic E-state index is -0.631. The number of benzene rings is 1. The molecule has 1 amide bonds. The predicted octanol–water partition coefficient (Wildman–Crippen LogP) is 2.47. The van der Waals surface area contributed by atoms with Gasteiger partial charge in [0.1, 0.15) is 24.1 Å². The predicted molar refractivity (Wildman–Crippen MR) is 117 cm³/mol. The molecule has 0 radical (unpaired) electrons. The van der Waals surface area contributed by atoms with Gasteiger partial charge in [0.05, 0.1) is 25.5 Å². The van der Waals surface area contributed by atoms with Gasteiger partial charge in [0.25, 0.3) is 5.17 Å². The molecule has 2 N–H and O–H groups in total. The van der Waals surface area contributed by atoms with E-state index in [0.29, 0.717) is 37.9 Å². The molecule has 0 saturated carbocycles. The van der Waals surface area contributed by atoms with E-state index >= 15 is 0 Å². The normalized spacial score (nSPS) is 17.1. The maximum absolute atomic E-state index is 14.7. The second kappa shape index (κ2) is 11.3. The van der Waals surface area contributed by atoms with E-state index in [4.69, 9.17) is 17.0 Å². The Labute approximate surface area is 190 Å². The van der Waals surface area contributed by atoms with Crippen LogP contribution >= 0.6 is 12.2 Å². The second-order valence-corrected chi connectivity index (χ2v) is 8.14. The highest BCUT2D eigenvalue weighted by Gasteiger charge is 2.21. The van der Waals surface area contributed by atoms with Crippen molar-refractivity contribution in [3.05, 3.63) is 41.2 Å². The molecule has 8 nitrogen and oxygen atoms in total. The van der Waals surface area contributed by atoms with Crippen LogP contribution < -0.4 is 5.32 Å². The molecule has 1 aliphatic rings. The molecule has 1 unspecified atom stereocenters. The molecule has 0 bridgehead atoms. The lowest BCUT2D eigenvalue weighted by Crippen LogP contribution is -2.35. The summed E-state index contributed by atoms with van der Waals surface area (Å²) in [5.41, 5.74) is 0.812. The van der Waals surface area contributed by atoms with Gasteiger partial charge in [-0.25, -0.2) is 13.5 Å². The quantitative estimate of drug-likeness (QED) is 0.605. The van der Waals surface area contributed by atoms with Crippen LogP contribution in [0.5, 0.6) is 0 Å². The molecular weight excluding hydrogens is 440 g/mol. The molecule has 32 heavy (non-hydrogen) atoms. The monoisotopic (exact) mass is 467 g/mol. The molecule has 2 heterocycles. The maximum atomic E-state index is 14.7. The molecule has 1 fully saturated rings. The minimum absolute atomic E-state index is 0.0401. The average Bonchev–Trinajstić information content (AvgIpc) is 3.24. The first-order chi connectivity index (χ1) is 15.4. The van der Waals surface area contributed by atoms with Crippen molar-refractivity contribution in [2.24, 2.45) is 5.92 Å². The summed E-state index contributed by atoms with van der Waals surface area (Å²) >= 11 is 4.89. The average molecular weight is 468 g/mol. The third kappa shape index (κ3) is 6.19. The van der Waals surface area contributed by atoms with E-state index in [1.54, 1.807) is 6.20 Å². The first-order valence-corrected chi connectivity index (χ1v) is 10.9. The summed E-state index contributed by atoms with van der Waals surface area (Å²) in [6.45, 7) is 0.439. The van der Waals surface area contributed by atoms with Crippen LogP contribution in [-0.2, 0) is 22.5 Å². The maximum Gasteiger partial charge on any atom is 0.256 e. The van der Waals surface area contributed by atoms with Gasteiger partial charge in [0.2, 0.25) is 5.91 Å². The van der Waals surface area contributed by atoms with E-state index in [-0.39, 0.29) is 47.9 Å². The fourth-order valence-electron chi connectivity index (χ4n) is 3.80. The molecule has 0 aliphatic carbocycles. The van der Waals surface area contributed by atoms with E-state index in [1.165, 1.54) is 28.8 Å². The number of thiocarbonyl (C=S) groups is 1. The molecule has 174 valence electrons. The number of amides is 1. The van der Waals surface area contributed by atoms with Crippen LogP contribution in [0.4, 0.5) is 8.78 Å². The lowest BCUT2D eigenvalue weighted by Gasteiger charge is -2.27. The molecule has 3 rings (SSSR count). The number of aliphatic hydroxyl groups excluding tert-OH is 1. The number of ether oxygens (including phenoxy) is 1. The summed E-state index contributed by atoms with van der Waals surface area (Å²) in [5, 5.41) is 20.2. The molecule has 1 saturated heterocycles. The van der Waals surface area contributed by atoms with Gasteiger partial charge in [-0.1, -0.05) is 5.21 Å². The number of nitrogens with zero attached hydrogens (tertiary/aromatic N) is 4. The van der Waals surface area contributed by atoms with Crippen molar-refractivity contribution >= 4 is 23.3 Å². The zero-order chi connectivity index (χ0) is 23.1. The van der Waals surface area contributed by atoms with Crippen molar-refractivity contribution in [3.8, 4) is 5.69 Å². The van der Waals surface area contributed by atoms with Crippen LogP contribution in [0.25, 0.3) is 5.69 Å². The summed E-state index contributed by atoms with van der Waals surface area (Å²) in [6, 6.07) is 2.49. The van der Waals surface area contributed by atoms with E-state index in [9.17, 15) is 18.7 Å². The highest BCUT2D eigenvalue weighted by Crippen LogP contribution is 2.26. The summed E-state index contributed by atoms with van der Waals surface area (Å²) in [6.07, 6.45) is 5.06. The van der Waals surface area contributed by atoms with E-state index in [1.807, 2.05) is 0 Å². The van der Waals surface area contributed by atoms with Crippen LogP contribution in [-0.4, -0.2) is 56.5 Å². The number of likely N-dealkylation sites (tertiary alicyclic amines) is 1. The van der Waals surface area contributed by atoms with Crippen LogP contribution in [0.2, 0.25) is 0 Å². The van der Waals surface area contributed by atoms with Crippen molar-refractivity contribution < 1.29 is 23.4 Å². The van der Waals surface area contributed by atoms with E-state index in [0.717, 1.165) is 6.42 Å². The van der Waals surface area contributed by atoms with Crippen molar-refractivity contribution in [1.82, 2.24) is 25.2 Å². The van der Waals surface area contributed by atoms with Crippen LogP contribution in [0.3, 0.4) is 0 Å². The Morgan fingerprint density at radius 3 is 2.78 bits per heavy atom. The third-order valence-corrected chi connectivity index (χ3v) is 5.98. The zero-order valence-electron chi connectivity index (χ0n) is 17.9. The van der Waals surface area contributed by atoms with Gasteiger partial charge < -0.3 is 20.1 Å². The Balaban J connectivity index is 1.63. The number of carbonyl (C=O) groups excluding carboxylic acids is 1. The number of hydrogen-bond donors (Lipinski definition) is 2. The molecule has 1 aromatic heterocycles. The van der Waals surface area contributed by atoms with Crippen molar-refractivity contribution in [2.75, 3.05) is 20.4 Å². The van der Waals surface area contributed by atoms with Crippen molar-refractivity contribution in [1.29, 1.82) is 0 Å². The van der Waals surface area contributed by atoms with E-state index < -0.39 is 11.6 Å². The number of methoxy groups -OCH3 is 1. The largest absolute Gasteiger partial charge is 0.474 e. The molecule has 11 heteroatoms. The number of halogens is 2. The number of aromatic nitrogens is 3. The number of hydrogen-bond acceptors (Lipinski definition) is 6. The van der Waals surface area contributed by atoms with Gasteiger partial charge in [0.15, 0.2) is 0 Å². The van der Waals surface area contributed by atoms with Gasteiger partial charge in [0, 0.05) is 30.7 Å². The summed E-state index contributed by atoms with van der Waals surface area (Å²) in [7, 11) is 1.45. The topological polar surface area (TPSA) is 92.5 Å². The lowest BCUT2D eigenvalue weighted by molar-refractivity contribution is -0.135. The van der Waals surface area contributed by atoms with Gasteiger partial charge in [-0.2, -0.15) is 0 Å². The standard InChI is InChI=1S/C21H27F2N5O3S/c1-31-21(32)24-11-15-12-28(26-25-15)16-9-18(22)17(19(23)10-16)6-5-14-3-2-4-20(30)27(13-29)8-7-14/h9-10,12,14,29H,2-8,11,13H2,1H3,(H,24,32). The van der Waals surface area contributed by atoms with Gasteiger partial charge in [-0.15, -0.1) is 5.10 Å². The second-order valence-electron chi connectivity index (χ2n) is 7.77. The molecule has 0 spiro atoms. The summed E-state index contributed by atoms with van der Waals surface area (Å²) in [4.78, 5) is 13.3. The number of aliphatic hydroxyl groups is 1. The van der Waals surface area contributed by atoms with E-state index in [2.05, 4.69) is 15.6 Å². The molecular formula is C21H27F2N5O3S. The molecule has 2 aromatic rings. The minimum Gasteiger partial charge on any atom is -0.474 e. The van der Waals surface area contributed by atoms with Crippen LogP contribution in [0, 0.1) is 17.6 Å². The Kier molecular flexibility index (Phi) is 8.46. The first-order valence-electron chi connectivity index (χ1n) is 10.5. The number of carbonyl (C=O) groups is 1. The third-order valence-electron chi connectivity index (χ3n) is 5.67. The zero-order valence-corrected chi connectivity index (χ0v) is 18.7. The fraction of sp³-hybridized carbons (Fsp3) is 0.524. The van der Waals surface area contributed by atoms with Gasteiger partial charge in [-0.3, -0.25) is 4.79 Å². The Hall–Kier alpha value is -2.66. The SMILES string of the molecule is COC(=S)NCc1cn(-c2cc(F)c(CCC3CCCC(=O)N(CO)CC3)c(F)c2)nn1. The van der Waals surface area contributed by atoms with Crippen molar-refractivity contribution in [2.45, 2.75) is 45.1 Å². The molecule has 1 atom stereocenters. The Morgan fingerprint density at radius 2 is 2.09 bits per heavy atom. The van der Waals surface area contributed by atoms with Crippen molar-refractivity contribution in [3.63, 3.8) is 0 Å². The lowest BCUT2D eigenvalue weighted by atomic mass is 9.90. The van der Waals surface area contributed by atoms with Gasteiger partial charge >= 0.3 is 0 Å². The van der Waals surface area contributed by atoms with Crippen LogP contribution in [0.1, 0.15) is 43.4 Å². The van der Waals surface area contributed by atoms with Gasteiger partial charge in [-0.05, 0) is 50.2 Å². The summed E-state index contributed by atoms with van der Waals surface area (Å²) < 4.78 is 35.6. The number of rotatable bonds is 7. The Bertz CT molecular complexity index is 932. The Morgan fingerprint density at radius 1 is 1.34 bits per heavy atom. The smallest absolute Gasteiger partial charge is 0.256 e. The highest BCUT2D eigenvalue weighted by atomic mass is 32.1. The molecule has 1 aliphatic heterocycles. The highest BCUT2D eigenvalue weighted by molar-refractivity contribution is 7.80. The fourth-order valence-corrected chi connectivity index (χ4v) is 3.87.